The van der Waals surface area contributed by atoms with Gasteiger partial charge in [-0.15, -0.1) is 0 Å². The van der Waals surface area contributed by atoms with Crippen molar-refractivity contribution in [3.8, 4) is 0 Å². The monoisotopic (exact) mass is 220 g/mol. The molecular weight excluding hydrogens is 204 g/mol. The standard InChI is InChI=1S/C13H16O3/c1-15-13(16-2)11(14)6-5-10-8-3-4-9(7-8)12(10)13/h3-6,8-10,12H,7H2,1-2H3/t8-,9+,10-,12+/m0/s1. The van der Waals surface area contributed by atoms with Gasteiger partial charge in [-0.2, -0.15) is 0 Å². The Morgan fingerprint density at radius 2 is 1.88 bits per heavy atom. The second-order valence-electron chi connectivity index (χ2n) is 4.85. The Kier molecular flexibility index (Phi) is 2.10. The highest BCUT2D eigenvalue weighted by Crippen LogP contribution is 2.55. The Morgan fingerprint density at radius 3 is 2.56 bits per heavy atom. The van der Waals surface area contributed by atoms with Crippen LogP contribution >= 0.6 is 0 Å². The van der Waals surface area contributed by atoms with Crippen LogP contribution in [0.2, 0.25) is 0 Å². The number of carbonyl (C=O) groups is 1. The highest BCUT2D eigenvalue weighted by molar-refractivity contribution is 5.97. The van der Waals surface area contributed by atoms with Crippen molar-refractivity contribution in [3.05, 3.63) is 24.3 Å². The molecule has 3 aliphatic rings. The molecule has 0 aromatic carbocycles. The van der Waals surface area contributed by atoms with Crippen molar-refractivity contribution in [1.82, 2.24) is 0 Å². The predicted octanol–water partition coefficient (Wildman–Crippen LogP) is 1.55. The molecular formula is C13H16O3. The number of rotatable bonds is 2. The van der Waals surface area contributed by atoms with Crippen LogP contribution in [-0.2, 0) is 14.3 Å². The number of hydrogen-bond acceptors (Lipinski definition) is 3. The summed E-state index contributed by atoms with van der Waals surface area (Å²) in [6.45, 7) is 0. The summed E-state index contributed by atoms with van der Waals surface area (Å²) in [5.74, 6) is 0.416. The van der Waals surface area contributed by atoms with E-state index in [9.17, 15) is 4.79 Å². The van der Waals surface area contributed by atoms with Crippen molar-refractivity contribution in [1.29, 1.82) is 0 Å². The second kappa shape index (κ2) is 3.28. The van der Waals surface area contributed by atoms with E-state index in [1.54, 1.807) is 20.3 Å². The molecule has 0 aliphatic heterocycles. The van der Waals surface area contributed by atoms with Gasteiger partial charge in [-0.3, -0.25) is 4.79 Å². The third-order valence-corrected chi connectivity index (χ3v) is 4.38. The first-order chi connectivity index (χ1) is 7.73. The van der Waals surface area contributed by atoms with Crippen molar-refractivity contribution in [2.45, 2.75) is 12.2 Å². The van der Waals surface area contributed by atoms with Gasteiger partial charge in [0, 0.05) is 20.1 Å². The number of ketones is 1. The molecule has 0 N–H and O–H groups in total. The molecule has 4 atom stereocenters. The molecule has 0 heterocycles. The van der Waals surface area contributed by atoms with Crippen molar-refractivity contribution in [3.63, 3.8) is 0 Å². The number of ether oxygens (including phenoxy) is 2. The van der Waals surface area contributed by atoms with Crippen LogP contribution in [0.25, 0.3) is 0 Å². The number of hydrogen-bond donors (Lipinski definition) is 0. The van der Waals surface area contributed by atoms with Crippen LogP contribution < -0.4 is 0 Å². The molecule has 0 aromatic heterocycles. The summed E-state index contributed by atoms with van der Waals surface area (Å²) in [7, 11) is 3.13. The fraction of sp³-hybridized carbons (Fsp3) is 0.615. The van der Waals surface area contributed by atoms with Gasteiger partial charge in [0.1, 0.15) is 0 Å². The van der Waals surface area contributed by atoms with E-state index in [4.69, 9.17) is 9.47 Å². The van der Waals surface area contributed by atoms with Gasteiger partial charge in [0.05, 0.1) is 0 Å². The van der Waals surface area contributed by atoms with Crippen LogP contribution in [0.3, 0.4) is 0 Å². The summed E-state index contributed by atoms with van der Waals surface area (Å²) < 4.78 is 10.9. The Balaban J connectivity index is 2.08. The first-order valence-corrected chi connectivity index (χ1v) is 5.74. The molecule has 3 aliphatic carbocycles. The average Bonchev–Trinajstić information content (AvgIpc) is 2.90. The van der Waals surface area contributed by atoms with E-state index in [-0.39, 0.29) is 11.7 Å². The molecule has 0 spiro atoms. The van der Waals surface area contributed by atoms with Crippen molar-refractivity contribution in [2.75, 3.05) is 14.2 Å². The van der Waals surface area contributed by atoms with E-state index in [0.717, 1.165) is 6.42 Å². The molecule has 0 radical (unpaired) electrons. The Labute approximate surface area is 95.1 Å². The lowest BCUT2D eigenvalue weighted by molar-refractivity contribution is -0.236. The first kappa shape index (κ1) is 10.2. The van der Waals surface area contributed by atoms with E-state index in [1.165, 1.54) is 0 Å². The van der Waals surface area contributed by atoms with Gasteiger partial charge in [-0.25, -0.2) is 0 Å². The minimum atomic E-state index is -1.05. The molecule has 1 fully saturated rings. The van der Waals surface area contributed by atoms with E-state index in [0.29, 0.717) is 17.8 Å². The minimum Gasteiger partial charge on any atom is -0.346 e. The number of allylic oxidation sites excluding steroid dienone is 3. The molecule has 0 unspecified atom stereocenters. The van der Waals surface area contributed by atoms with E-state index in [1.807, 2.05) is 6.08 Å². The number of fused-ring (bicyclic) bond motifs is 5. The van der Waals surface area contributed by atoms with Crippen LogP contribution in [-0.4, -0.2) is 25.8 Å². The quantitative estimate of drug-likeness (QED) is 0.523. The zero-order valence-corrected chi connectivity index (χ0v) is 9.55. The molecule has 0 amide bonds. The average molecular weight is 220 g/mol. The summed E-state index contributed by atoms with van der Waals surface area (Å²) in [4.78, 5) is 12.0. The van der Waals surface area contributed by atoms with E-state index < -0.39 is 5.79 Å². The SMILES string of the molecule is COC1(OC)C(=O)C=C[C@@H]2[C@H]1[C@@H]1C=C[C@H]2C1. The van der Waals surface area contributed by atoms with Gasteiger partial charge in [-0.1, -0.05) is 18.2 Å². The van der Waals surface area contributed by atoms with E-state index >= 15 is 0 Å². The molecule has 16 heavy (non-hydrogen) atoms. The minimum absolute atomic E-state index is 0.0558. The predicted molar refractivity (Wildman–Crippen MR) is 58.6 cm³/mol. The lowest BCUT2D eigenvalue weighted by Gasteiger charge is -2.42. The van der Waals surface area contributed by atoms with Crippen LogP contribution in [0.5, 0.6) is 0 Å². The molecule has 3 heteroatoms. The summed E-state index contributed by atoms with van der Waals surface area (Å²) in [6, 6.07) is 0. The smallest absolute Gasteiger partial charge is 0.236 e. The van der Waals surface area contributed by atoms with Gasteiger partial charge >= 0.3 is 0 Å². The largest absolute Gasteiger partial charge is 0.346 e. The normalized spacial score (nSPS) is 42.8. The van der Waals surface area contributed by atoms with Gasteiger partial charge < -0.3 is 9.47 Å². The highest BCUT2D eigenvalue weighted by atomic mass is 16.7. The lowest BCUT2D eigenvalue weighted by atomic mass is 9.72. The van der Waals surface area contributed by atoms with Crippen molar-refractivity contribution >= 4 is 5.78 Å². The van der Waals surface area contributed by atoms with Crippen molar-refractivity contribution < 1.29 is 14.3 Å². The number of carbonyl (C=O) groups excluding carboxylic acids is 1. The van der Waals surface area contributed by atoms with Crippen LogP contribution in [0.15, 0.2) is 24.3 Å². The molecule has 3 nitrogen and oxygen atoms in total. The second-order valence-corrected chi connectivity index (χ2v) is 4.85. The summed E-state index contributed by atoms with van der Waals surface area (Å²) in [6.07, 6.45) is 9.27. The van der Waals surface area contributed by atoms with Crippen molar-refractivity contribution in [2.24, 2.45) is 23.7 Å². The zero-order valence-electron chi connectivity index (χ0n) is 9.55. The van der Waals surface area contributed by atoms with E-state index in [2.05, 4.69) is 12.2 Å². The fourth-order valence-electron chi connectivity index (χ4n) is 3.69. The molecule has 2 bridgehead atoms. The molecule has 0 aromatic rings. The van der Waals surface area contributed by atoms with Gasteiger partial charge in [0.2, 0.25) is 11.6 Å². The molecule has 3 rings (SSSR count). The Bertz CT molecular complexity index is 379. The Morgan fingerprint density at radius 1 is 1.19 bits per heavy atom. The maximum Gasteiger partial charge on any atom is 0.236 e. The van der Waals surface area contributed by atoms with Gasteiger partial charge in [0.15, 0.2) is 0 Å². The maximum absolute atomic E-state index is 12.0. The molecule has 86 valence electrons. The van der Waals surface area contributed by atoms with Gasteiger partial charge in [-0.05, 0) is 30.3 Å². The maximum atomic E-state index is 12.0. The van der Waals surface area contributed by atoms with Crippen LogP contribution in [0.1, 0.15) is 6.42 Å². The lowest BCUT2D eigenvalue weighted by Crippen LogP contribution is -2.54. The third-order valence-electron chi connectivity index (χ3n) is 4.38. The fourth-order valence-corrected chi connectivity index (χ4v) is 3.69. The zero-order chi connectivity index (χ0) is 11.3. The van der Waals surface area contributed by atoms with Crippen LogP contribution in [0.4, 0.5) is 0 Å². The van der Waals surface area contributed by atoms with Gasteiger partial charge in [0.25, 0.3) is 0 Å². The Hall–Kier alpha value is -0.930. The van der Waals surface area contributed by atoms with Crippen LogP contribution in [0, 0.1) is 23.7 Å². The third kappa shape index (κ3) is 1.03. The molecule has 1 saturated carbocycles. The topological polar surface area (TPSA) is 35.5 Å². The summed E-state index contributed by atoms with van der Waals surface area (Å²) in [5.41, 5.74) is 0. The first-order valence-electron chi connectivity index (χ1n) is 5.74. The number of methoxy groups -OCH3 is 2. The summed E-state index contributed by atoms with van der Waals surface area (Å²) >= 11 is 0. The molecule has 0 saturated heterocycles. The highest BCUT2D eigenvalue weighted by Gasteiger charge is 2.59. The summed E-state index contributed by atoms with van der Waals surface area (Å²) in [5, 5.41) is 0.